The smallest absolute Gasteiger partial charge is 0.124 e. The molecule has 0 aliphatic heterocycles. The van der Waals surface area contributed by atoms with Crippen LogP contribution in [0.2, 0.25) is 5.02 Å². The highest BCUT2D eigenvalue weighted by Gasteiger charge is 2.00. The molecular weight excluding hydrogens is 188 g/mol. The van der Waals surface area contributed by atoms with E-state index in [1.165, 1.54) is 0 Å². The van der Waals surface area contributed by atoms with E-state index in [2.05, 4.69) is 0 Å². The summed E-state index contributed by atoms with van der Waals surface area (Å²) in [6.45, 7) is 0.500. The van der Waals surface area contributed by atoms with Crippen molar-refractivity contribution in [3.63, 3.8) is 0 Å². The Morgan fingerprint density at radius 3 is 2.85 bits per heavy atom. The fourth-order valence-corrected chi connectivity index (χ4v) is 1.34. The number of carbonyl (C=O) groups is 1. The molecule has 1 aromatic rings. The van der Waals surface area contributed by atoms with Crippen LogP contribution >= 0.6 is 11.6 Å². The lowest BCUT2D eigenvalue weighted by molar-refractivity contribution is -0.107. The summed E-state index contributed by atoms with van der Waals surface area (Å²) in [5.41, 5.74) is 1.87. The summed E-state index contributed by atoms with van der Waals surface area (Å²) in [6.07, 6.45) is 1.27. The quantitative estimate of drug-likeness (QED) is 0.694. The lowest BCUT2D eigenvalue weighted by Gasteiger charge is -2.04. The van der Waals surface area contributed by atoms with E-state index in [9.17, 15) is 4.79 Å². The van der Waals surface area contributed by atoms with Gasteiger partial charge in [-0.25, -0.2) is 0 Å². The monoisotopic (exact) mass is 198 g/mol. The molecule has 0 atom stereocenters. The maximum atomic E-state index is 10.2. The maximum absolute atomic E-state index is 10.2. The van der Waals surface area contributed by atoms with Gasteiger partial charge in [-0.2, -0.15) is 0 Å². The van der Waals surface area contributed by atoms with E-state index in [0.29, 0.717) is 18.1 Å². The number of rotatable bonds is 4. The average molecular weight is 199 g/mol. The third kappa shape index (κ3) is 2.83. The van der Waals surface area contributed by atoms with E-state index in [4.69, 9.17) is 16.3 Å². The highest BCUT2D eigenvalue weighted by atomic mass is 35.5. The van der Waals surface area contributed by atoms with Gasteiger partial charge in [-0.1, -0.05) is 23.7 Å². The van der Waals surface area contributed by atoms with Crippen molar-refractivity contribution in [2.45, 2.75) is 13.0 Å². The van der Waals surface area contributed by atoms with Crippen LogP contribution in [0, 0.1) is 0 Å². The number of aldehydes is 1. The number of benzene rings is 1. The third-order valence-corrected chi connectivity index (χ3v) is 2.09. The molecule has 2 nitrogen and oxygen atoms in total. The summed E-state index contributed by atoms with van der Waals surface area (Å²) in [5, 5.41) is 0.654. The van der Waals surface area contributed by atoms with Crippen molar-refractivity contribution < 1.29 is 9.53 Å². The summed E-state index contributed by atoms with van der Waals surface area (Å²) < 4.78 is 4.95. The molecule has 0 fully saturated rings. The molecule has 13 heavy (non-hydrogen) atoms. The first kappa shape index (κ1) is 10.2. The number of hydrogen-bond donors (Lipinski definition) is 0. The van der Waals surface area contributed by atoms with E-state index >= 15 is 0 Å². The molecule has 0 aromatic heterocycles. The van der Waals surface area contributed by atoms with Gasteiger partial charge in [0.2, 0.25) is 0 Å². The number of halogens is 1. The second-order valence-corrected chi connectivity index (χ2v) is 3.14. The zero-order valence-electron chi connectivity index (χ0n) is 7.42. The van der Waals surface area contributed by atoms with Gasteiger partial charge in [-0.15, -0.1) is 0 Å². The van der Waals surface area contributed by atoms with E-state index < -0.39 is 0 Å². The van der Waals surface area contributed by atoms with Gasteiger partial charge in [0.05, 0.1) is 6.61 Å². The molecule has 1 rings (SSSR count). The van der Waals surface area contributed by atoms with Crippen LogP contribution in [0.3, 0.4) is 0 Å². The summed E-state index contributed by atoms with van der Waals surface area (Å²) in [5.74, 6) is 0. The van der Waals surface area contributed by atoms with Gasteiger partial charge < -0.3 is 9.53 Å². The molecule has 70 valence electrons. The zero-order valence-corrected chi connectivity index (χ0v) is 8.17. The highest BCUT2D eigenvalue weighted by molar-refractivity contribution is 6.31. The van der Waals surface area contributed by atoms with Crippen LogP contribution in [0.1, 0.15) is 11.1 Å². The van der Waals surface area contributed by atoms with Crippen molar-refractivity contribution >= 4 is 17.9 Å². The molecule has 0 saturated heterocycles. The fraction of sp³-hybridized carbons (Fsp3) is 0.300. The van der Waals surface area contributed by atoms with Crippen LogP contribution in [-0.4, -0.2) is 13.4 Å². The van der Waals surface area contributed by atoms with E-state index in [1.54, 1.807) is 13.2 Å². The van der Waals surface area contributed by atoms with Crippen molar-refractivity contribution in [3.05, 3.63) is 34.3 Å². The minimum atomic E-state index is 0.410. The number of methoxy groups -OCH3 is 1. The Morgan fingerprint density at radius 1 is 1.54 bits per heavy atom. The van der Waals surface area contributed by atoms with Crippen LogP contribution in [0.4, 0.5) is 0 Å². The Hall–Kier alpha value is -0.860. The van der Waals surface area contributed by atoms with E-state index in [-0.39, 0.29) is 0 Å². The predicted octanol–water partition coefficient (Wildman–Crippen LogP) is 2.23. The number of ether oxygens (including phenoxy) is 1. The highest BCUT2D eigenvalue weighted by Crippen LogP contribution is 2.18. The Kier molecular flexibility index (Phi) is 3.93. The Labute approximate surface area is 82.5 Å². The average Bonchev–Trinajstić information content (AvgIpc) is 2.10. The largest absolute Gasteiger partial charge is 0.380 e. The van der Waals surface area contributed by atoms with Gasteiger partial charge in [-0.05, 0) is 17.2 Å². The van der Waals surface area contributed by atoms with Gasteiger partial charge in [-0.3, -0.25) is 0 Å². The molecule has 1 aromatic carbocycles. The topological polar surface area (TPSA) is 26.3 Å². The van der Waals surface area contributed by atoms with Crippen molar-refractivity contribution in [2.24, 2.45) is 0 Å². The molecule has 0 unspecified atom stereocenters. The molecule has 0 radical (unpaired) electrons. The van der Waals surface area contributed by atoms with Gasteiger partial charge in [0.25, 0.3) is 0 Å². The first-order valence-corrected chi connectivity index (χ1v) is 4.35. The first-order chi connectivity index (χ1) is 6.27. The standard InChI is InChI=1S/C10H11ClO2/c1-13-7-9-3-2-8(4-5-12)6-10(9)11/h2-3,5-6H,4,7H2,1H3. The summed E-state index contributed by atoms with van der Waals surface area (Å²) in [4.78, 5) is 10.2. The molecule has 0 amide bonds. The molecule has 0 aliphatic rings. The second-order valence-electron chi connectivity index (χ2n) is 2.73. The van der Waals surface area contributed by atoms with Crippen molar-refractivity contribution in [2.75, 3.05) is 7.11 Å². The lowest BCUT2D eigenvalue weighted by atomic mass is 10.1. The van der Waals surface area contributed by atoms with Crippen LogP contribution in [0.25, 0.3) is 0 Å². The van der Waals surface area contributed by atoms with Crippen LogP contribution in [-0.2, 0) is 22.6 Å². The van der Waals surface area contributed by atoms with Gasteiger partial charge >= 0.3 is 0 Å². The van der Waals surface area contributed by atoms with Crippen LogP contribution in [0.5, 0.6) is 0 Å². The molecule has 0 saturated carbocycles. The third-order valence-electron chi connectivity index (χ3n) is 1.74. The van der Waals surface area contributed by atoms with Gasteiger partial charge in [0, 0.05) is 18.6 Å². The lowest BCUT2D eigenvalue weighted by Crippen LogP contribution is -1.91. The van der Waals surface area contributed by atoms with Crippen LogP contribution in [0.15, 0.2) is 18.2 Å². The minimum Gasteiger partial charge on any atom is -0.380 e. The Balaban J connectivity index is 2.84. The second kappa shape index (κ2) is 5.00. The number of carbonyl (C=O) groups excluding carboxylic acids is 1. The summed E-state index contributed by atoms with van der Waals surface area (Å²) in [7, 11) is 1.62. The molecule has 3 heteroatoms. The fourth-order valence-electron chi connectivity index (χ4n) is 1.09. The SMILES string of the molecule is COCc1ccc(CC=O)cc1Cl. The van der Waals surface area contributed by atoms with E-state index in [0.717, 1.165) is 17.4 Å². The van der Waals surface area contributed by atoms with Gasteiger partial charge in [0.1, 0.15) is 6.29 Å². The summed E-state index contributed by atoms with van der Waals surface area (Å²) >= 11 is 5.95. The molecule has 0 bridgehead atoms. The van der Waals surface area contributed by atoms with Crippen molar-refractivity contribution in [1.82, 2.24) is 0 Å². The molecule has 0 heterocycles. The summed E-state index contributed by atoms with van der Waals surface area (Å²) in [6, 6.07) is 5.56. The Bertz CT molecular complexity index is 297. The minimum absolute atomic E-state index is 0.410. The zero-order chi connectivity index (χ0) is 9.68. The Morgan fingerprint density at radius 2 is 2.31 bits per heavy atom. The molecule has 0 spiro atoms. The van der Waals surface area contributed by atoms with Crippen molar-refractivity contribution in [1.29, 1.82) is 0 Å². The van der Waals surface area contributed by atoms with Gasteiger partial charge in [0.15, 0.2) is 0 Å². The number of hydrogen-bond acceptors (Lipinski definition) is 2. The molecule has 0 N–H and O–H groups in total. The van der Waals surface area contributed by atoms with Crippen LogP contribution < -0.4 is 0 Å². The van der Waals surface area contributed by atoms with Crippen molar-refractivity contribution in [3.8, 4) is 0 Å². The maximum Gasteiger partial charge on any atom is 0.124 e. The normalized spacial score (nSPS) is 10.0. The van der Waals surface area contributed by atoms with E-state index in [1.807, 2.05) is 12.1 Å². The molecular formula is C10H11ClO2. The predicted molar refractivity (Wildman–Crippen MR) is 51.9 cm³/mol. The molecule has 0 aliphatic carbocycles. The first-order valence-electron chi connectivity index (χ1n) is 3.97.